The molecular weight excluding hydrogens is 238 g/mol. The van der Waals surface area contributed by atoms with Gasteiger partial charge in [-0.25, -0.2) is 0 Å². The summed E-state index contributed by atoms with van der Waals surface area (Å²) in [4.78, 5) is 10.5. The van der Waals surface area contributed by atoms with E-state index in [2.05, 4.69) is 0 Å². The normalized spacial score (nSPS) is 12.0. The number of ether oxygens (including phenoxy) is 2. The number of hydrogen-bond donors (Lipinski definition) is 1. The Balaban J connectivity index is 3.40. The van der Waals surface area contributed by atoms with Crippen molar-refractivity contribution in [3.05, 3.63) is 27.8 Å². The summed E-state index contributed by atoms with van der Waals surface area (Å²) in [6.07, 6.45) is 0.684. The quantitative estimate of drug-likeness (QED) is 0.621. The third-order valence-corrected chi connectivity index (χ3v) is 2.86. The molecule has 18 heavy (non-hydrogen) atoms. The Morgan fingerprint density at radius 2 is 2.06 bits per heavy atom. The number of nitro benzene ring substituents is 1. The van der Waals surface area contributed by atoms with Crippen LogP contribution in [0.2, 0.25) is 0 Å². The van der Waals surface area contributed by atoms with E-state index < -0.39 is 4.92 Å². The minimum absolute atomic E-state index is 0.0663. The van der Waals surface area contributed by atoms with E-state index in [1.165, 1.54) is 20.3 Å². The molecule has 100 valence electrons. The Labute approximate surface area is 105 Å². The topological polar surface area (TPSA) is 81.8 Å². The molecule has 6 heteroatoms. The van der Waals surface area contributed by atoms with Crippen LogP contribution in [0, 0.1) is 10.1 Å². The van der Waals surface area contributed by atoms with Crippen LogP contribution in [0.25, 0.3) is 0 Å². The highest BCUT2D eigenvalue weighted by Crippen LogP contribution is 2.40. The van der Waals surface area contributed by atoms with Crippen molar-refractivity contribution in [3.8, 4) is 11.5 Å². The fourth-order valence-electron chi connectivity index (χ4n) is 1.81. The van der Waals surface area contributed by atoms with E-state index in [9.17, 15) is 15.2 Å². The standard InChI is InChI=1S/C12H17NO5/c1-4-8(7-14)9-5-10(13(15)16)12(18-3)11(6-9)17-2/h5-6,8,14H,4,7H2,1-3H3. The maximum Gasteiger partial charge on any atom is 0.315 e. The van der Waals surface area contributed by atoms with Gasteiger partial charge in [-0.1, -0.05) is 6.92 Å². The molecule has 0 bridgehead atoms. The number of nitrogens with zero attached hydrogens (tertiary/aromatic N) is 1. The van der Waals surface area contributed by atoms with Crippen LogP contribution in [0.15, 0.2) is 12.1 Å². The van der Waals surface area contributed by atoms with E-state index >= 15 is 0 Å². The van der Waals surface area contributed by atoms with Crippen molar-refractivity contribution < 1.29 is 19.5 Å². The minimum atomic E-state index is -0.519. The number of nitro groups is 1. The maximum atomic E-state index is 11.0. The molecule has 0 radical (unpaired) electrons. The summed E-state index contributed by atoms with van der Waals surface area (Å²) in [6, 6.07) is 3.09. The van der Waals surface area contributed by atoms with Crippen molar-refractivity contribution in [3.63, 3.8) is 0 Å². The van der Waals surface area contributed by atoms with Crippen LogP contribution in [-0.2, 0) is 0 Å². The first-order valence-electron chi connectivity index (χ1n) is 5.60. The summed E-state index contributed by atoms with van der Waals surface area (Å²) in [6.45, 7) is 1.84. The van der Waals surface area contributed by atoms with Gasteiger partial charge in [0.15, 0.2) is 5.75 Å². The number of aliphatic hydroxyl groups excluding tert-OH is 1. The molecule has 1 rings (SSSR count). The first kappa shape index (κ1) is 14.2. The number of rotatable bonds is 6. The second kappa shape index (κ2) is 6.20. The highest BCUT2D eigenvalue weighted by molar-refractivity contribution is 5.58. The lowest BCUT2D eigenvalue weighted by Gasteiger charge is -2.15. The van der Waals surface area contributed by atoms with E-state index in [4.69, 9.17) is 9.47 Å². The van der Waals surface area contributed by atoms with Crippen LogP contribution < -0.4 is 9.47 Å². The van der Waals surface area contributed by atoms with Gasteiger partial charge in [0.2, 0.25) is 5.75 Å². The van der Waals surface area contributed by atoms with Crippen LogP contribution in [0.5, 0.6) is 11.5 Å². The van der Waals surface area contributed by atoms with Gasteiger partial charge in [0, 0.05) is 18.6 Å². The molecule has 0 fully saturated rings. The lowest BCUT2D eigenvalue weighted by atomic mass is 9.96. The molecule has 0 saturated carbocycles. The van der Waals surface area contributed by atoms with E-state index in [1.54, 1.807) is 6.07 Å². The molecule has 1 atom stereocenters. The smallest absolute Gasteiger partial charge is 0.315 e. The van der Waals surface area contributed by atoms with E-state index in [-0.39, 0.29) is 24.0 Å². The van der Waals surface area contributed by atoms with Crippen molar-refractivity contribution in [2.45, 2.75) is 19.3 Å². The van der Waals surface area contributed by atoms with Gasteiger partial charge in [-0.2, -0.15) is 0 Å². The summed E-state index contributed by atoms with van der Waals surface area (Å²) in [5.74, 6) is 0.246. The third kappa shape index (κ3) is 2.70. The Bertz CT molecular complexity index is 429. The summed E-state index contributed by atoms with van der Waals surface area (Å²) >= 11 is 0. The number of methoxy groups -OCH3 is 2. The molecular formula is C12H17NO5. The van der Waals surface area contributed by atoms with Crippen LogP contribution >= 0.6 is 0 Å². The number of hydrogen-bond acceptors (Lipinski definition) is 5. The average molecular weight is 255 g/mol. The second-order valence-electron chi connectivity index (χ2n) is 3.82. The average Bonchev–Trinajstić information content (AvgIpc) is 2.38. The van der Waals surface area contributed by atoms with Crippen LogP contribution in [0.3, 0.4) is 0 Å². The zero-order chi connectivity index (χ0) is 13.7. The van der Waals surface area contributed by atoms with Crippen molar-refractivity contribution in [2.24, 2.45) is 0 Å². The molecule has 1 N–H and O–H groups in total. The summed E-state index contributed by atoms with van der Waals surface area (Å²) < 4.78 is 10.1. The van der Waals surface area contributed by atoms with Gasteiger partial charge in [0.1, 0.15) is 0 Å². The van der Waals surface area contributed by atoms with Gasteiger partial charge in [-0.15, -0.1) is 0 Å². The first-order chi connectivity index (χ1) is 8.58. The van der Waals surface area contributed by atoms with Gasteiger partial charge in [0.05, 0.1) is 19.1 Å². The van der Waals surface area contributed by atoms with Crippen LogP contribution in [-0.4, -0.2) is 30.9 Å². The number of benzene rings is 1. The SMILES string of the molecule is CCC(CO)c1cc(OC)c(OC)c([N+](=O)[O-])c1. The summed E-state index contributed by atoms with van der Waals surface area (Å²) in [7, 11) is 2.78. The van der Waals surface area contributed by atoms with E-state index in [0.717, 1.165) is 0 Å². The molecule has 1 aromatic rings. The van der Waals surface area contributed by atoms with Gasteiger partial charge in [0.25, 0.3) is 0 Å². The van der Waals surface area contributed by atoms with Gasteiger partial charge in [-0.3, -0.25) is 10.1 Å². The van der Waals surface area contributed by atoms with Crippen molar-refractivity contribution in [1.29, 1.82) is 0 Å². The fraction of sp³-hybridized carbons (Fsp3) is 0.500. The molecule has 0 spiro atoms. The van der Waals surface area contributed by atoms with Crippen LogP contribution in [0.1, 0.15) is 24.8 Å². The van der Waals surface area contributed by atoms with Gasteiger partial charge in [-0.05, 0) is 18.1 Å². The predicted molar refractivity (Wildman–Crippen MR) is 66.3 cm³/mol. The van der Waals surface area contributed by atoms with Gasteiger partial charge < -0.3 is 14.6 Å². The Kier molecular flexibility index (Phi) is 4.91. The zero-order valence-electron chi connectivity index (χ0n) is 10.7. The molecule has 0 aliphatic heterocycles. The molecule has 0 aromatic heterocycles. The Morgan fingerprint density at radius 3 is 2.44 bits per heavy atom. The van der Waals surface area contributed by atoms with Crippen molar-refractivity contribution in [2.75, 3.05) is 20.8 Å². The lowest BCUT2D eigenvalue weighted by Crippen LogP contribution is -2.05. The van der Waals surface area contributed by atoms with Crippen LogP contribution in [0.4, 0.5) is 5.69 Å². The second-order valence-corrected chi connectivity index (χ2v) is 3.82. The predicted octanol–water partition coefficient (Wildman–Crippen LogP) is 2.10. The maximum absolute atomic E-state index is 11.0. The summed E-state index contributed by atoms with van der Waals surface area (Å²) in [5, 5.41) is 20.3. The molecule has 6 nitrogen and oxygen atoms in total. The Hall–Kier alpha value is -1.82. The van der Waals surface area contributed by atoms with Crippen molar-refractivity contribution in [1.82, 2.24) is 0 Å². The minimum Gasteiger partial charge on any atom is -0.493 e. The molecule has 0 aliphatic carbocycles. The highest BCUT2D eigenvalue weighted by atomic mass is 16.6. The molecule has 0 saturated heterocycles. The molecule has 0 amide bonds. The fourth-order valence-corrected chi connectivity index (χ4v) is 1.81. The first-order valence-corrected chi connectivity index (χ1v) is 5.60. The largest absolute Gasteiger partial charge is 0.493 e. The summed E-state index contributed by atoms with van der Waals surface area (Å²) in [5.41, 5.74) is 0.517. The van der Waals surface area contributed by atoms with Crippen molar-refractivity contribution >= 4 is 5.69 Å². The highest BCUT2D eigenvalue weighted by Gasteiger charge is 2.23. The monoisotopic (exact) mass is 255 g/mol. The van der Waals surface area contributed by atoms with E-state index in [0.29, 0.717) is 17.7 Å². The lowest BCUT2D eigenvalue weighted by molar-refractivity contribution is -0.385. The molecule has 0 aliphatic rings. The Morgan fingerprint density at radius 1 is 1.39 bits per heavy atom. The van der Waals surface area contributed by atoms with E-state index in [1.807, 2.05) is 6.92 Å². The molecule has 0 heterocycles. The van der Waals surface area contributed by atoms with Gasteiger partial charge >= 0.3 is 5.69 Å². The molecule has 1 unspecified atom stereocenters. The molecule has 1 aromatic carbocycles. The zero-order valence-corrected chi connectivity index (χ0v) is 10.7. The number of aliphatic hydroxyl groups is 1. The third-order valence-electron chi connectivity index (χ3n) is 2.86.